The highest BCUT2D eigenvalue weighted by Crippen LogP contribution is 2.32. The zero-order valence-electron chi connectivity index (χ0n) is 10.3. The van der Waals surface area contributed by atoms with Gasteiger partial charge in [-0.1, -0.05) is 0 Å². The molecule has 0 bridgehead atoms. The number of furan rings is 1. The lowest BCUT2D eigenvalue weighted by Gasteiger charge is -2.19. The van der Waals surface area contributed by atoms with Crippen molar-refractivity contribution in [2.24, 2.45) is 5.73 Å². The Bertz CT molecular complexity index is 401. The monoisotopic (exact) mass is 283 g/mol. The predicted octanol–water partition coefficient (Wildman–Crippen LogP) is 2.52. The van der Waals surface area contributed by atoms with Crippen LogP contribution in [0.5, 0.6) is 0 Å². The van der Waals surface area contributed by atoms with Crippen LogP contribution < -0.4 is 5.73 Å². The number of esters is 1. The largest absolute Gasteiger partial charge is 0.464 e. The predicted molar refractivity (Wildman–Crippen MR) is 63.9 cm³/mol. The van der Waals surface area contributed by atoms with Crippen LogP contribution in [0.4, 0.5) is 8.78 Å². The van der Waals surface area contributed by atoms with E-state index in [0.29, 0.717) is 11.3 Å². The van der Waals surface area contributed by atoms with Crippen LogP contribution in [-0.2, 0) is 9.53 Å². The van der Waals surface area contributed by atoms with Crippen molar-refractivity contribution in [2.75, 3.05) is 6.61 Å². The van der Waals surface area contributed by atoms with Crippen molar-refractivity contribution in [2.45, 2.75) is 32.7 Å². The van der Waals surface area contributed by atoms with Gasteiger partial charge in [0.2, 0.25) is 0 Å². The zero-order valence-corrected chi connectivity index (χ0v) is 11.1. The van der Waals surface area contributed by atoms with Crippen LogP contribution in [0.3, 0.4) is 0 Å². The Hall–Kier alpha value is -1.14. The summed E-state index contributed by atoms with van der Waals surface area (Å²) in [7, 11) is 0. The van der Waals surface area contributed by atoms with E-state index in [9.17, 15) is 13.6 Å². The molecular formula is C11H16ClF2NO3. The second-order valence-electron chi connectivity index (χ2n) is 3.71. The third-order valence-electron chi connectivity index (χ3n) is 2.43. The van der Waals surface area contributed by atoms with Gasteiger partial charge in [0.15, 0.2) is 0 Å². The summed E-state index contributed by atoms with van der Waals surface area (Å²) < 4.78 is 36.5. The summed E-state index contributed by atoms with van der Waals surface area (Å²) in [4.78, 5) is 11.1. The molecule has 104 valence electrons. The molecule has 0 aliphatic rings. The summed E-state index contributed by atoms with van der Waals surface area (Å²) in [6, 6.07) is -0.443. The molecule has 0 aliphatic carbocycles. The molecule has 0 spiro atoms. The highest BCUT2D eigenvalue weighted by atomic mass is 35.5. The molecule has 0 radical (unpaired) electrons. The first-order valence-electron chi connectivity index (χ1n) is 5.18. The van der Waals surface area contributed by atoms with Gasteiger partial charge in [-0.15, -0.1) is 12.4 Å². The van der Waals surface area contributed by atoms with Crippen molar-refractivity contribution in [3.63, 3.8) is 0 Å². The molecule has 1 rings (SSSR count). The molecule has 0 fully saturated rings. The summed E-state index contributed by atoms with van der Waals surface area (Å²) in [5.41, 5.74) is 6.05. The standard InChI is InChI=1S/C11H15F2NO3.ClH/c1-4-16-10(15)11(12,13)9(14)8-5-6(2)7(3)17-8;/h5,9H,4,14H2,1-3H3;1H/t9-;/m0./s1. The summed E-state index contributed by atoms with van der Waals surface area (Å²) in [5.74, 6) is -5.07. The lowest BCUT2D eigenvalue weighted by Crippen LogP contribution is -2.41. The molecular weight excluding hydrogens is 268 g/mol. The molecule has 1 aromatic rings. The van der Waals surface area contributed by atoms with E-state index in [4.69, 9.17) is 10.2 Å². The van der Waals surface area contributed by atoms with Crippen molar-refractivity contribution in [3.05, 3.63) is 23.2 Å². The summed E-state index contributed by atoms with van der Waals surface area (Å²) in [6.07, 6.45) is 0. The number of hydrogen-bond acceptors (Lipinski definition) is 4. The molecule has 0 saturated carbocycles. The topological polar surface area (TPSA) is 65.5 Å². The molecule has 2 N–H and O–H groups in total. The number of carbonyl (C=O) groups is 1. The van der Waals surface area contributed by atoms with Gasteiger partial charge in [0.1, 0.15) is 17.6 Å². The van der Waals surface area contributed by atoms with Gasteiger partial charge >= 0.3 is 11.9 Å². The van der Waals surface area contributed by atoms with E-state index in [2.05, 4.69) is 4.74 Å². The van der Waals surface area contributed by atoms with Crippen LogP contribution in [0.15, 0.2) is 10.5 Å². The van der Waals surface area contributed by atoms with E-state index in [1.165, 1.54) is 13.0 Å². The molecule has 1 heterocycles. The second kappa shape index (κ2) is 6.15. The van der Waals surface area contributed by atoms with E-state index < -0.39 is 17.9 Å². The van der Waals surface area contributed by atoms with Crippen molar-refractivity contribution in [1.29, 1.82) is 0 Å². The Kier molecular flexibility index (Phi) is 5.76. The molecule has 4 nitrogen and oxygen atoms in total. The number of rotatable bonds is 4. The van der Waals surface area contributed by atoms with Crippen molar-refractivity contribution in [1.82, 2.24) is 0 Å². The number of ether oxygens (including phenoxy) is 1. The van der Waals surface area contributed by atoms with Crippen molar-refractivity contribution >= 4 is 18.4 Å². The second-order valence-corrected chi connectivity index (χ2v) is 3.71. The van der Waals surface area contributed by atoms with Gasteiger partial charge in [-0.3, -0.25) is 0 Å². The average molecular weight is 284 g/mol. The van der Waals surface area contributed by atoms with E-state index in [1.54, 1.807) is 13.8 Å². The van der Waals surface area contributed by atoms with Crippen LogP contribution in [0.1, 0.15) is 30.0 Å². The zero-order chi connectivity index (χ0) is 13.2. The molecule has 0 aromatic carbocycles. The van der Waals surface area contributed by atoms with Gasteiger partial charge in [0.25, 0.3) is 0 Å². The number of hydrogen-bond donors (Lipinski definition) is 1. The first-order chi connectivity index (χ1) is 7.80. The highest BCUT2D eigenvalue weighted by molar-refractivity contribution is 5.85. The minimum atomic E-state index is -3.80. The van der Waals surface area contributed by atoms with Crippen molar-refractivity contribution in [3.8, 4) is 0 Å². The van der Waals surface area contributed by atoms with Crippen LogP contribution >= 0.6 is 12.4 Å². The molecule has 0 unspecified atom stereocenters. The Morgan fingerprint density at radius 2 is 2.11 bits per heavy atom. The van der Waals surface area contributed by atoms with Gasteiger partial charge in [-0.2, -0.15) is 8.78 Å². The van der Waals surface area contributed by atoms with Crippen LogP contribution in [0, 0.1) is 13.8 Å². The number of halogens is 3. The summed E-state index contributed by atoms with van der Waals surface area (Å²) >= 11 is 0. The number of aryl methyl sites for hydroxylation is 2. The van der Waals surface area contributed by atoms with Crippen molar-refractivity contribution < 1.29 is 22.7 Å². The van der Waals surface area contributed by atoms with E-state index in [-0.39, 0.29) is 24.8 Å². The average Bonchev–Trinajstić information content (AvgIpc) is 2.58. The lowest BCUT2D eigenvalue weighted by atomic mass is 10.1. The third-order valence-corrected chi connectivity index (χ3v) is 2.43. The fourth-order valence-electron chi connectivity index (χ4n) is 1.29. The van der Waals surface area contributed by atoms with Gasteiger partial charge in [0, 0.05) is 0 Å². The SMILES string of the molecule is CCOC(=O)C(F)(F)[C@@H](N)c1cc(C)c(C)o1.Cl. The minimum absolute atomic E-state index is 0. The summed E-state index contributed by atoms with van der Waals surface area (Å²) in [5, 5.41) is 0. The smallest absolute Gasteiger partial charge is 0.379 e. The van der Waals surface area contributed by atoms with Crippen LogP contribution in [0.2, 0.25) is 0 Å². The van der Waals surface area contributed by atoms with E-state index in [1.807, 2.05) is 0 Å². The van der Waals surface area contributed by atoms with Gasteiger partial charge in [-0.05, 0) is 32.4 Å². The maximum Gasteiger partial charge on any atom is 0.379 e. The maximum absolute atomic E-state index is 13.6. The highest BCUT2D eigenvalue weighted by Gasteiger charge is 2.49. The van der Waals surface area contributed by atoms with Crippen LogP contribution in [0.25, 0.3) is 0 Å². The number of carbonyl (C=O) groups excluding carboxylic acids is 1. The van der Waals surface area contributed by atoms with Gasteiger partial charge < -0.3 is 14.9 Å². The minimum Gasteiger partial charge on any atom is -0.464 e. The Morgan fingerprint density at radius 1 is 1.56 bits per heavy atom. The maximum atomic E-state index is 13.6. The summed E-state index contributed by atoms with van der Waals surface area (Å²) in [6.45, 7) is 4.66. The normalized spacial score (nSPS) is 12.8. The van der Waals surface area contributed by atoms with Gasteiger partial charge in [0.05, 0.1) is 6.61 Å². The Morgan fingerprint density at radius 3 is 2.50 bits per heavy atom. The van der Waals surface area contributed by atoms with Crippen LogP contribution in [-0.4, -0.2) is 18.5 Å². The fourth-order valence-corrected chi connectivity index (χ4v) is 1.29. The molecule has 1 aromatic heterocycles. The molecule has 18 heavy (non-hydrogen) atoms. The molecule has 0 amide bonds. The molecule has 0 aliphatic heterocycles. The number of nitrogens with two attached hydrogens (primary N) is 1. The third kappa shape index (κ3) is 3.20. The quantitative estimate of drug-likeness (QED) is 0.862. The Balaban J connectivity index is 0.00000289. The number of alkyl halides is 2. The Labute approximate surface area is 110 Å². The van der Waals surface area contributed by atoms with E-state index >= 15 is 0 Å². The fraction of sp³-hybridized carbons (Fsp3) is 0.545. The van der Waals surface area contributed by atoms with E-state index in [0.717, 1.165) is 0 Å². The molecule has 1 atom stereocenters. The first kappa shape index (κ1) is 16.9. The van der Waals surface area contributed by atoms with Gasteiger partial charge in [-0.25, -0.2) is 4.79 Å². The first-order valence-corrected chi connectivity index (χ1v) is 5.18. The lowest BCUT2D eigenvalue weighted by molar-refractivity contribution is -0.175. The molecule has 0 saturated heterocycles. The molecule has 7 heteroatoms.